The van der Waals surface area contributed by atoms with E-state index < -0.39 is 0 Å². The maximum Gasteiger partial charge on any atom is 0.333 e. The number of hydrogen-bond donors (Lipinski definition) is 0. The molecule has 0 spiro atoms. The number of esters is 1. The number of fused-ring (bicyclic) bond motifs is 5. The number of carbonyl (C=O) groups excluding carboxylic acids is 1. The third-order valence-electron chi connectivity index (χ3n) is 6.24. The summed E-state index contributed by atoms with van der Waals surface area (Å²) in [7, 11) is 0. The minimum Gasteiger partial charge on any atom is -0.455 e. The van der Waals surface area contributed by atoms with Gasteiger partial charge in [0.1, 0.15) is 5.60 Å². The van der Waals surface area contributed by atoms with E-state index >= 15 is 0 Å². The van der Waals surface area contributed by atoms with Crippen molar-refractivity contribution >= 4 is 5.97 Å². The lowest BCUT2D eigenvalue weighted by Gasteiger charge is -2.41. The molecule has 0 aliphatic heterocycles. The molecule has 19 heavy (non-hydrogen) atoms. The molecule has 2 nitrogen and oxygen atoms in total. The van der Waals surface area contributed by atoms with Gasteiger partial charge in [-0.05, 0) is 63.7 Å². The van der Waals surface area contributed by atoms with E-state index in [2.05, 4.69) is 6.92 Å². The maximum atomic E-state index is 12.2. The van der Waals surface area contributed by atoms with Gasteiger partial charge in [-0.1, -0.05) is 19.4 Å². The van der Waals surface area contributed by atoms with Gasteiger partial charge in [0.2, 0.25) is 0 Å². The van der Waals surface area contributed by atoms with E-state index in [4.69, 9.17) is 4.74 Å². The zero-order valence-electron chi connectivity index (χ0n) is 12.4. The molecule has 0 saturated heterocycles. The van der Waals surface area contributed by atoms with Crippen LogP contribution in [0.3, 0.4) is 0 Å². The number of carbonyl (C=O) groups is 1. The molecule has 0 N–H and O–H groups in total. The molecule has 5 unspecified atom stereocenters. The molecule has 5 atom stereocenters. The monoisotopic (exact) mass is 262 g/mol. The summed E-state index contributed by atoms with van der Waals surface area (Å²) in [5, 5.41) is 0. The van der Waals surface area contributed by atoms with Gasteiger partial charge in [-0.2, -0.15) is 0 Å². The van der Waals surface area contributed by atoms with Crippen LogP contribution < -0.4 is 0 Å². The predicted octanol–water partition coefficient (Wildman–Crippen LogP) is 4.10. The highest BCUT2D eigenvalue weighted by Crippen LogP contribution is 2.64. The largest absolute Gasteiger partial charge is 0.455 e. The smallest absolute Gasteiger partial charge is 0.333 e. The van der Waals surface area contributed by atoms with E-state index in [9.17, 15) is 4.79 Å². The molecular weight excluding hydrogens is 236 g/mol. The molecular formula is C17H26O2. The maximum absolute atomic E-state index is 12.2. The molecule has 0 heterocycles. The van der Waals surface area contributed by atoms with Crippen molar-refractivity contribution in [2.75, 3.05) is 0 Å². The molecule has 3 fully saturated rings. The standard InChI is InChI=1S/C17H26O2/c1-4-11(3)16(18)19-17(5-2)10-12-9-15(17)14-8-6-7-13(12)14/h4,12-15H,5-10H2,1-3H3/b11-4+. The minimum absolute atomic E-state index is 0.0913. The van der Waals surface area contributed by atoms with Crippen molar-refractivity contribution < 1.29 is 9.53 Å². The molecule has 2 heteroatoms. The van der Waals surface area contributed by atoms with Crippen LogP contribution in [-0.2, 0) is 9.53 Å². The van der Waals surface area contributed by atoms with Crippen LogP contribution in [0.15, 0.2) is 11.6 Å². The third kappa shape index (κ3) is 1.86. The van der Waals surface area contributed by atoms with Gasteiger partial charge in [0.05, 0.1) is 0 Å². The SMILES string of the molecule is C/C=C(\C)C(=O)OC1(CC)CC2CC1C1CCCC21. The molecule has 2 bridgehead atoms. The molecule has 3 aliphatic rings. The molecule has 3 rings (SSSR count). The summed E-state index contributed by atoms with van der Waals surface area (Å²) < 4.78 is 6.04. The van der Waals surface area contributed by atoms with Crippen LogP contribution in [0.1, 0.15) is 59.3 Å². The minimum atomic E-state index is -0.141. The van der Waals surface area contributed by atoms with Crippen LogP contribution in [0.5, 0.6) is 0 Å². The highest BCUT2D eigenvalue weighted by atomic mass is 16.6. The van der Waals surface area contributed by atoms with E-state index in [0.717, 1.165) is 36.2 Å². The molecule has 0 aromatic carbocycles. The molecule has 0 amide bonds. The predicted molar refractivity (Wildman–Crippen MR) is 75.6 cm³/mol. The van der Waals surface area contributed by atoms with E-state index in [1.165, 1.54) is 25.7 Å². The Bertz CT molecular complexity index is 411. The zero-order chi connectivity index (χ0) is 13.6. The van der Waals surface area contributed by atoms with E-state index in [-0.39, 0.29) is 11.6 Å². The van der Waals surface area contributed by atoms with Gasteiger partial charge >= 0.3 is 5.97 Å². The van der Waals surface area contributed by atoms with Gasteiger partial charge in [0, 0.05) is 11.5 Å². The first-order valence-corrected chi connectivity index (χ1v) is 7.97. The lowest BCUT2D eigenvalue weighted by Crippen LogP contribution is -2.44. The van der Waals surface area contributed by atoms with Crippen molar-refractivity contribution in [1.82, 2.24) is 0 Å². The Morgan fingerprint density at radius 1 is 1.37 bits per heavy atom. The Labute approximate surface area is 116 Å². The van der Waals surface area contributed by atoms with Crippen molar-refractivity contribution in [2.45, 2.75) is 64.9 Å². The molecule has 3 saturated carbocycles. The van der Waals surface area contributed by atoms with Gasteiger partial charge in [-0.25, -0.2) is 4.79 Å². The second-order valence-corrected chi connectivity index (χ2v) is 6.84. The fourth-order valence-electron chi connectivity index (χ4n) is 5.19. The topological polar surface area (TPSA) is 26.3 Å². The summed E-state index contributed by atoms with van der Waals surface area (Å²) in [6.45, 7) is 5.96. The molecule has 0 aromatic rings. The van der Waals surface area contributed by atoms with E-state index in [1.54, 1.807) is 0 Å². The van der Waals surface area contributed by atoms with Crippen molar-refractivity contribution in [3.8, 4) is 0 Å². The zero-order valence-corrected chi connectivity index (χ0v) is 12.4. The van der Waals surface area contributed by atoms with Crippen LogP contribution in [-0.4, -0.2) is 11.6 Å². The summed E-state index contributed by atoms with van der Waals surface area (Å²) in [5.41, 5.74) is 0.607. The molecule has 3 aliphatic carbocycles. The van der Waals surface area contributed by atoms with Gasteiger partial charge < -0.3 is 4.74 Å². The Hall–Kier alpha value is -0.790. The van der Waals surface area contributed by atoms with Crippen molar-refractivity contribution in [2.24, 2.45) is 23.7 Å². The van der Waals surface area contributed by atoms with Crippen LogP contribution in [0.4, 0.5) is 0 Å². The summed E-state index contributed by atoms with van der Waals surface area (Å²) in [5.74, 6) is 3.18. The summed E-state index contributed by atoms with van der Waals surface area (Å²) in [6.07, 6.45) is 9.46. The van der Waals surface area contributed by atoms with Gasteiger partial charge in [-0.3, -0.25) is 0 Å². The van der Waals surface area contributed by atoms with Gasteiger partial charge in [0.25, 0.3) is 0 Å². The van der Waals surface area contributed by atoms with Gasteiger partial charge in [0.15, 0.2) is 0 Å². The van der Waals surface area contributed by atoms with Crippen molar-refractivity contribution in [3.05, 3.63) is 11.6 Å². The number of rotatable bonds is 3. The van der Waals surface area contributed by atoms with Crippen LogP contribution >= 0.6 is 0 Å². The molecule has 0 aromatic heterocycles. The van der Waals surface area contributed by atoms with Gasteiger partial charge in [-0.15, -0.1) is 0 Å². The highest BCUT2D eigenvalue weighted by molar-refractivity contribution is 5.88. The first kappa shape index (κ1) is 13.2. The normalized spacial score (nSPS) is 44.5. The van der Waals surface area contributed by atoms with Crippen LogP contribution in [0.25, 0.3) is 0 Å². The second-order valence-electron chi connectivity index (χ2n) is 6.84. The number of hydrogen-bond acceptors (Lipinski definition) is 2. The summed E-state index contributed by atoms with van der Waals surface area (Å²) in [4.78, 5) is 12.2. The Morgan fingerprint density at radius 3 is 2.79 bits per heavy atom. The van der Waals surface area contributed by atoms with Crippen molar-refractivity contribution in [1.29, 1.82) is 0 Å². The third-order valence-corrected chi connectivity index (χ3v) is 6.24. The summed E-state index contributed by atoms with van der Waals surface area (Å²) >= 11 is 0. The number of allylic oxidation sites excluding steroid dienone is 1. The van der Waals surface area contributed by atoms with Crippen molar-refractivity contribution in [3.63, 3.8) is 0 Å². The first-order valence-electron chi connectivity index (χ1n) is 7.97. The Balaban J connectivity index is 1.80. The fraction of sp³-hybridized carbons (Fsp3) is 0.824. The average Bonchev–Trinajstić information content (AvgIpc) is 3.08. The average molecular weight is 262 g/mol. The van der Waals surface area contributed by atoms with Crippen LogP contribution in [0.2, 0.25) is 0 Å². The lowest BCUT2D eigenvalue weighted by atomic mass is 9.71. The second kappa shape index (κ2) is 4.64. The Morgan fingerprint density at radius 2 is 2.11 bits per heavy atom. The molecule has 106 valence electrons. The number of ether oxygens (including phenoxy) is 1. The van der Waals surface area contributed by atoms with E-state index in [0.29, 0.717) is 5.92 Å². The summed E-state index contributed by atoms with van der Waals surface area (Å²) in [6, 6.07) is 0. The Kier molecular flexibility index (Phi) is 3.23. The lowest BCUT2D eigenvalue weighted by molar-refractivity contribution is -0.165. The quantitative estimate of drug-likeness (QED) is 0.565. The van der Waals surface area contributed by atoms with E-state index in [1.807, 2.05) is 19.9 Å². The highest BCUT2D eigenvalue weighted by Gasteiger charge is 2.61. The fourth-order valence-corrected chi connectivity index (χ4v) is 5.19. The molecule has 0 radical (unpaired) electrons. The first-order chi connectivity index (χ1) is 9.11. The van der Waals surface area contributed by atoms with Crippen LogP contribution in [0, 0.1) is 23.7 Å².